The largest absolute Gasteiger partial charge is 0.374 e. The third kappa shape index (κ3) is 3.09. The zero-order valence-electron chi connectivity index (χ0n) is 12.9. The molecule has 2 aliphatic heterocycles. The van der Waals surface area contributed by atoms with Crippen molar-refractivity contribution < 1.29 is 14.4 Å². The SMILES string of the molecule is CN1CCN(/C=C2\C(=O)NC(=O)N(c3ccccc3)C2=O)CC1. The van der Waals surface area contributed by atoms with Gasteiger partial charge in [0.2, 0.25) is 0 Å². The smallest absolute Gasteiger partial charge is 0.335 e. The molecule has 0 aromatic heterocycles. The molecule has 120 valence electrons. The zero-order chi connectivity index (χ0) is 16.4. The van der Waals surface area contributed by atoms with Crippen molar-refractivity contribution >= 4 is 23.5 Å². The fourth-order valence-electron chi connectivity index (χ4n) is 2.59. The van der Waals surface area contributed by atoms with Crippen LogP contribution in [0.3, 0.4) is 0 Å². The second kappa shape index (κ2) is 6.21. The number of amides is 4. The van der Waals surface area contributed by atoms with Crippen LogP contribution in [0.15, 0.2) is 42.1 Å². The summed E-state index contributed by atoms with van der Waals surface area (Å²) in [7, 11) is 2.03. The van der Waals surface area contributed by atoms with Gasteiger partial charge in [-0.15, -0.1) is 0 Å². The van der Waals surface area contributed by atoms with Crippen LogP contribution in [0, 0.1) is 0 Å². The van der Waals surface area contributed by atoms with Crippen molar-refractivity contribution in [3.05, 3.63) is 42.1 Å². The van der Waals surface area contributed by atoms with Crippen LogP contribution in [0.25, 0.3) is 0 Å². The number of imide groups is 2. The van der Waals surface area contributed by atoms with Crippen molar-refractivity contribution in [3.63, 3.8) is 0 Å². The Bertz CT molecular complexity index is 663. The molecule has 3 rings (SSSR count). The molecule has 7 heteroatoms. The second-order valence-corrected chi connectivity index (χ2v) is 5.62. The Hall–Kier alpha value is -2.67. The van der Waals surface area contributed by atoms with Gasteiger partial charge in [0.15, 0.2) is 0 Å². The number of rotatable bonds is 2. The summed E-state index contributed by atoms with van der Waals surface area (Å²) in [5, 5.41) is 2.23. The first kappa shape index (κ1) is 15.2. The minimum atomic E-state index is -0.721. The topological polar surface area (TPSA) is 73.0 Å². The molecule has 1 aromatic rings. The number of urea groups is 1. The van der Waals surface area contributed by atoms with E-state index >= 15 is 0 Å². The highest BCUT2D eigenvalue weighted by Gasteiger charge is 2.37. The quantitative estimate of drug-likeness (QED) is 0.632. The fraction of sp³-hybridized carbons (Fsp3) is 0.312. The molecule has 2 saturated heterocycles. The van der Waals surface area contributed by atoms with Crippen LogP contribution >= 0.6 is 0 Å². The van der Waals surface area contributed by atoms with E-state index in [9.17, 15) is 14.4 Å². The van der Waals surface area contributed by atoms with Gasteiger partial charge in [-0.2, -0.15) is 0 Å². The highest BCUT2D eigenvalue weighted by atomic mass is 16.2. The average Bonchev–Trinajstić information content (AvgIpc) is 2.54. The molecular formula is C16H18N4O3. The first-order valence-corrected chi connectivity index (χ1v) is 7.45. The van der Waals surface area contributed by atoms with Gasteiger partial charge in [0.05, 0.1) is 5.69 Å². The zero-order valence-corrected chi connectivity index (χ0v) is 12.9. The first-order valence-electron chi connectivity index (χ1n) is 7.45. The van der Waals surface area contributed by atoms with Gasteiger partial charge in [-0.05, 0) is 19.2 Å². The van der Waals surface area contributed by atoms with Gasteiger partial charge in [-0.3, -0.25) is 14.9 Å². The van der Waals surface area contributed by atoms with Gasteiger partial charge in [0, 0.05) is 32.4 Å². The van der Waals surface area contributed by atoms with Gasteiger partial charge in [-0.25, -0.2) is 9.69 Å². The monoisotopic (exact) mass is 314 g/mol. The molecule has 0 bridgehead atoms. The van der Waals surface area contributed by atoms with E-state index in [1.54, 1.807) is 36.5 Å². The van der Waals surface area contributed by atoms with Crippen LogP contribution in [0.2, 0.25) is 0 Å². The number of benzene rings is 1. The molecular weight excluding hydrogens is 296 g/mol. The third-order valence-corrected chi connectivity index (χ3v) is 3.97. The highest BCUT2D eigenvalue weighted by Crippen LogP contribution is 2.20. The number of barbiturate groups is 1. The van der Waals surface area contributed by atoms with Crippen molar-refractivity contribution in [1.29, 1.82) is 0 Å². The Morgan fingerprint density at radius 3 is 2.30 bits per heavy atom. The van der Waals surface area contributed by atoms with Crippen molar-refractivity contribution in [3.8, 4) is 0 Å². The summed E-state index contributed by atoms with van der Waals surface area (Å²) in [4.78, 5) is 41.8. The van der Waals surface area contributed by atoms with Gasteiger partial charge in [-0.1, -0.05) is 18.2 Å². The summed E-state index contributed by atoms with van der Waals surface area (Å²) in [6.45, 7) is 3.20. The fourth-order valence-corrected chi connectivity index (χ4v) is 2.59. The number of hydrogen-bond donors (Lipinski definition) is 1. The molecule has 23 heavy (non-hydrogen) atoms. The summed E-state index contributed by atoms with van der Waals surface area (Å²) >= 11 is 0. The minimum absolute atomic E-state index is 0.0157. The third-order valence-electron chi connectivity index (χ3n) is 3.97. The first-order chi connectivity index (χ1) is 11.1. The number of para-hydroxylation sites is 1. The summed E-state index contributed by atoms with van der Waals surface area (Å²) in [6.07, 6.45) is 1.56. The van der Waals surface area contributed by atoms with E-state index in [1.807, 2.05) is 11.9 Å². The molecule has 1 aromatic carbocycles. The van der Waals surface area contributed by atoms with Crippen LogP contribution < -0.4 is 10.2 Å². The van der Waals surface area contributed by atoms with Gasteiger partial charge >= 0.3 is 6.03 Å². The van der Waals surface area contributed by atoms with E-state index in [2.05, 4.69) is 10.2 Å². The van der Waals surface area contributed by atoms with E-state index in [-0.39, 0.29) is 5.57 Å². The van der Waals surface area contributed by atoms with Crippen LogP contribution in [-0.4, -0.2) is 60.9 Å². The molecule has 0 spiro atoms. The average molecular weight is 314 g/mol. The molecule has 0 unspecified atom stereocenters. The number of nitrogens with zero attached hydrogens (tertiary/aromatic N) is 3. The van der Waals surface area contributed by atoms with E-state index in [4.69, 9.17) is 0 Å². The predicted octanol–water partition coefficient (Wildman–Crippen LogP) is 0.401. The molecule has 4 amide bonds. The van der Waals surface area contributed by atoms with Crippen LogP contribution in [0.1, 0.15) is 0 Å². The maximum absolute atomic E-state index is 12.6. The number of anilines is 1. The molecule has 7 nitrogen and oxygen atoms in total. The Balaban J connectivity index is 1.87. The molecule has 0 atom stereocenters. The number of piperazine rings is 1. The van der Waals surface area contributed by atoms with E-state index in [0.29, 0.717) is 5.69 Å². The van der Waals surface area contributed by atoms with Crippen LogP contribution in [0.5, 0.6) is 0 Å². The number of nitrogens with one attached hydrogen (secondary N) is 1. The Kier molecular flexibility index (Phi) is 4.12. The number of likely N-dealkylation sites (N-methyl/N-ethyl adjacent to an activating group) is 1. The van der Waals surface area contributed by atoms with Crippen molar-refractivity contribution in [2.24, 2.45) is 0 Å². The van der Waals surface area contributed by atoms with Gasteiger partial charge < -0.3 is 9.80 Å². The molecule has 2 fully saturated rings. The summed E-state index contributed by atoms with van der Waals surface area (Å²) in [6, 6.07) is 7.84. The summed E-state index contributed by atoms with van der Waals surface area (Å²) in [5.74, 6) is -1.24. The maximum Gasteiger partial charge on any atom is 0.335 e. The normalized spacial score (nSPS) is 21.8. The van der Waals surface area contributed by atoms with Crippen molar-refractivity contribution in [2.45, 2.75) is 0 Å². The number of hydrogen-bond acceptors (Lipinski definition) is 5. The molecule has 2 heterocycles. The number of carbonyl (C=O) groups excluding carboxylic acids is 3. The van der Waals surface area contributed by atoms with E-state index in [1.165, 1.54) is 0 Å². The molecule has 0 aliphatic carbocycles. The van der Waals surface area contributed by atoms with Crippen LogP contribution in [-0.2, 0) is 9.59 Å². The molecule has 0 saturated carbocycles. The number of carbonyl (C=O) groups is 3. The molecule has 1 N–H and O–H groups in total. The van der Waals surface area contributed by atoms with Gasteiger partial charge in [0.25, 0.3) is 11.8 Å². The Labute approximate surface area is 134 Å². The highest BCUT2D eigenvalue weighted by molar-refractivity contribution is 6.37. The lowest BCUT2D eigenvalue weighted by Gasteiger charge is -2.33. The summed E-state index contributed by atoms with van der Waals surface area (Å²) < 4.78 is 0. The molecule has 2 aliphatic rings. The maximum atomic E-state index is 12.6. The lowest BCUT2D eigenvalue weighted by Crippen LogP contribution is -2.55. The van der Waals surface area contributed by atoms with Crippen LogP contribution in [0.4, 0.5) is 10.5 Å². The predicted molar refractivity (Wildman–Crippen MR) is 84.6 cm³/mol. The lowest BCUT2D eigenvalue weighted by atomic mass is 10.1. The minimum Gasteiger partial charge on any atom is -0.374 e. The second-order valence-electron chi connectivity index (χ2n) is 5.62. The molecule has 0 radical (unpaired) electrons. The lowest BCUT2D eigenvalue weighted by molar-refractivity contribution is -0.122. The van der Waals surface area contributed by atoms with E-state index in [0.717, 1.165) is 31.1 Å². The Morgan fingerprint density at radius 2 is 1.65 bits per heavy atom. The van der Waals surface area contributed by atoms with Crippen molar-refractivity contribution in [2.75, 3.05) is 38.1 Å². The van der Waals surface area contributed by atoms with E-state index < -0.39 is 17.8 Å². The Morgan fingerprint density at radius 1 is 1.00 bits per heavy atom. The standard InChI is InChI=1S/C16H18N4O3/c1-18-7-9-19(10-8-18)11-13-14(21)17-16(23)20(15(13)22)12-5-3-2-4-6-12/h2-6,11H,7-10H2,1H3,(H,17,21,23)/b13-11+. The van der Waals surface area contributed by atoms with Crippen molar-refractivity contribution in [1.82, 2.24) is 15.1 Å². The van der Waals surface area contributed by atoms with Gasteiger partial charge in [0.1, 0.15) is 5.57 Å². The summed E-state index contributed by atoms with van der Waals surface area (Å²) in [5.41, 5.74) is 0.421.